The van der Waals surface area contributed by atoms with E-state index in [-0.39, 0.29) is 18.3 Å². The second-order valence-corrected chi connectivity index (χ2v) is 8.31. The number of amides is 1. The molecule has 156 valence electrons. The molecule has 0 N–H and O–H groups in total. The number of nitrogens with zero attached hydrogens (tertiary/aromatic N) is 3. The molecule has 0 bridgehead atoms. The molecule has 0 aliphatic carbocycles. The summed E-state index contributed by atoms with van der Waals surface area (Å²) in [6.45, 7) is 3.29. The predicted molar refractivity (Wildman–Crippen MR) is 124 cm³/mol. The van der Waals surface area contributed by atoms with Gasteiger partial charge in [-0.05, 0) is 56.4 Å². The number of carbonyl (C=O) groups is 1. The number of ether oxygens (including phenoxy) is 1. The maximum Gasteiger partial charge on any atom is 0.233 e. The van der Waals surface area contributed by atoms with E-state index in [2.05, 4.69) is 4.90 Å². The fraction of sp³-hybridized carbons (Fsp3) is 0.333. The number of fused-ring (bicyclic) bond motifs is 1. The maximum absolute atomic E-state index is 13.1. The van der Waals surface area contributed by atoms with E-state index in [4.69, 9.17) is 21.3 Å². The Bertz CT molecular complexity index is 974. The summed E-state index contributed by atoms with van der Waals surface area (Å²) in [5, 5.41) is 1.40. The van der Waals surface area contributed by atoms with E-state index in [9.17, 15) is 4.79 Å². The molecule has 0 atom stereocenters. The van der Waals surface area contributed by atoms with Crippen LogP contribution >= 0.6 is 35.3 Å². The molecule has 0 radical (unpaired) electrons. The molecule has 1 amide bonds. The first-order chi connectivity index (χ1) is 13.4. The van der Waals surface area contributed by atoms with Crippen molar-refractivity contribution in [2.45, 2.75) is 13.3 Å². The molecule has 29 heavy (non-hydrogen) atoms. The van der Waals surface area contributed by atoms with Gasteiger partial charge in [-0.3, -0.25) is 9.69 Å². The molecular weight excluding hydrogens is 429 g/mol. The summed E-state index contributed by atoms with van der Waals surface area (Å²) in [5.74, 6) is 0.800. The number of aryl methyl sites for hydroxylation is 1. The number of methoxy groups -OCH3 is 1. The van der Waals surface area contributed by atoms with Gasteiger partial charge >= 0.3 is 0 Å². The molecule has 1 heterocycles. The zero-order valence-corrected chi connectivity index (χ0v) is 19.3. The molecule has 8 heteroatoms. The molecule has 0 saturated heterocycles. The van der Waals surface area contributed by atoms with Crippen molar-refractivity contribution in [1.29, 1.82) is 0 Å². The number of halogens is 2. The number of anilines is 1. The highest BCUT2D eigenvalue weighted by Gasteiger charge is 2.21. The monoisotopic (exact) mass is 453 g/mol. The van der Waals surface area contributed by atoms with Gasteiger partial charge in [0.2, 0.25) is 5.91 Å². The number of benzene rings is 2. The SMILES string of the molecule is COc1ccc(CC(=O)N(CCN(C)C)c2nc3c(C)c(Cl)ccc3s2)cc1.Cl. The Balaban J connectivity index is 0.00000300. The van der Waals surface area contributed by atoms with E-state index in [1.165, 1.54) is 11.3 Å². The third-order valence-corrected chi connectivity index (χ3v) is 6.01. The van der Waals surface area contributed by atoms with Gasteiger partial charge in [-0.25, -0.2) is 4.98 Å². The lowest BCUT2D eigenvalue weighted by Crippen LogP contribution is -2.37. The zero-order valence-electron chi connectivity index (χ0n) is 16.9. The molecule has 3 rings (SSSR count). The summed E-state index contributed by atoms with van der Waals surface area (Å²) in [7, 11) is 5.62. The molecule has 0 unspecified atom stereocenters. The molecule has 1 aromatic heterocycles. The highest BCUT2D eigenvalue weighted by molar-refractivity contribution is 7.22. The van der Waals surface area contributed by atoms with Crippen molar-refractivity contribution >= 4 is 56.6 Å². The Morgan fingerprint density at radius 1 is 1.14 bits per heavy atom. The highest BCUT2D eigenvalue weighted by atomic mass is 35.5. The van der Waals surface area contributed by atoms with Crippen LogP contribution in [0.25, 0.3) is 10.2 Å². The van der Waals surface area contributed by atoms with Crippen molar-refractivity contribution in [3.05, 3.63) is 52.5 Å². The van der Waals surface area contributed by atoms with Gasteiger partial charge in [0, 0.05) is 18.1 Å². The number of hydrogen-bond acceptors (Lipinski definition) is 5. The molecule has 2 aromatic carbocycles. The zero-order chi connectivity index (χ0) is 20.3. The van der Waals surface area contributed by atoms with Crippen molar-refractivity contribution in [3.8, 4) is 5.75 Å². The number of rotatable bonds is 7. The van der Waals surface area contributed by atoms with Crippen molar-refractivity contribution in [1.82, 2.24) is 9.88 Å². The second-order valence-electron chi connectivity index (χ2n) is 6.89. The Kier molecular flexibility index (Phi) is 8.28. The van der Waals surface area contributed by atoms with Crippen molar-refractivity contribution in [2.75, 3.05) is 39.2 Å². The summed E-state index contributed by atoms with van der Waals surface area (Å²) >= 11 is 7.76. The van der Waals surface area contributed by atoms with Crippen LogP contribution < -0.4 is 9.64 Å². The predicted octanol–water partition coefficient (Wildman–Crippen LogP) is 4.83. The Hall–Kier alpha value is -1.86. The summed E-state index contributed by atoms with van der Waals surface area (Å²) in [6, 6.07) is 11.4. The first-order valence-electron chi connectivity index (χ1n) is 9.02. The standard InChI is InChI=1S/C21H24ClN3O2S.ClH/c1-14-17(22)9-10-18-20(14)23-21(28-18)25(12-11-24(2)3)19(26)13-15-5-7-16(27-4)8-6-15;/h5-10H,11-13H2,1-4H3;1H. The van der Waals surface area contributed by atoms with Crippen LogP contribution in [0.2, 0.25) is 5.02 Å². The summed E-state index contributed by atoms with van der Waals surface area (Å²) in [6.07, 6.45) is 0.313. The van der Waals surface area contributed by atoms with Gasteiger partial charge in [0.15, 0.2) is 5.13 Å². The quantitative estimate of drug-likeness (QED) is 0.513. The maximum atomic E-state index is 13.1. The first-order valence-corrected chi connectivity index (χ1v) is 10.2. The molecule has 0 aliphatic heterocycles. The van der Waals surface area contributed by atoms with Gasteiger partial charge < -0.3 is 9.64 Å². The third kappa shape index (κ3) is 5.60. The van der Waals surface area contributed by atoms with Gasteiger partial charge in [0.25, 0.3) is 0 Å². The Labute approximate surface area is 186 Å². The summed E-state index contributed by atoms with van der Waals surface area (Å²) < 4.78 is 6.22. The van der Waals surface area contributed by atoms with Crippen molar-refractivity contribution in [2.24, 2.45) is 0 Å². The van der Waals surface area contributed by atoms with Crippen LogP contribution in [0.4, 0.5) is 5.13 Å². The van der Waals surface area contributed by atoms with Crippen LogP contribution in [-0.2, 0) is 11.2 Å². The van der Waals surface area contributed by atoms with Crippen LogP contribution in [0.15, 0.2) is 36.4 Å². The highest BCUT2D eigenvalue weighted by Crippen LogP contribution is 2.33. The van der Waals surface area contributed by atoms with Crippen LogP contribution in [0, 0.1) is 6.92 Å². The number of carbonyl (C=O) groups excluding carboxylic acids is 1. The Morgan fingerprint density at radius 3 is 2.45 bits per heavy atom. The fourth-order valence-corrected chi connectivity index (χ4v) is 4.07. The lowest BCUT2D eigenvalue weighted by atomic mass is 10.1. The van der Waals surface area contributed by atoms with Crippen LogP contribution in [0.5, 0.6) is 5.75 Å². The van der Waals surface area contributed by atoms with E-state index in [1.807, 2.05) is 57.4 Å². The number of thiazole rings is 1. The lowest BCUT2D eigenvalue weighted by molar-refractivity contribution is -0.118. The van der Waals surface area contributed by atoms with Gasteiger partial charge in [-0.15, -0.1) is 12.4 Å². The van der Waals surface area contributed by atoms with Crippen LogP contribution in [0.1, 0.15) is 11.1 Å². The average molecular weight is 454 g/mol. The fourth-order valence-electron chi connectivity index (χ4n) is 2.84. The molecule has 0 saturated carbocycles. The van der Waals surface area contributed by atoms with E-state index in [0.717, 1.165) is 33.6 Å². The van der Waals surface area contributed by atoms with Crippen molar-refractivity contribution < 1.29 is 9.53 Å². The summed E-state index contributed by atoms with van der Waals surface area (Å²) in [5.41, 5.74) is 2.75. The minimum absolute atomic E-state index is 0. The van der Waals surface area contributed by atoms with Crippen LogP contribution in [0.3, 0.4) is 0 Å². The van der Waals surface area contributed by atoms with Gasteiger partial charge in [-0.1, -0.05) is 35.1 Å². The second kappa shape index (κ2) is 10.3. The molecule has 3 aromatic rings. The molecule has 5 nitrogen and oxygen atoms in total. The van der Waals surface area contributed by atoms with E-state index >= 15 is 0 Å². The van der Waals surface area contributed by atoms with Crippen LogP contribution in [-0.4, -0.2) is 50.1 Å². The minimum atomic E-state index is 0. The topological polar surface area (TPSA) is 45.7 Å². The van der Waals surface area contributed by atoms with E-state index < -0.39 is 0 Å². The molecule has 0 fully saturated rings. The van der Waals surface area contributed by atoms with Gasteiger partial charge in [-0.2, -0.15) is 0 Å². The number of hydrogen-bond donors (Lipinski definition) is 0. The third-order valence-electron chi connectivity index (χ3n) is 4.55. The average Bonchev–Trinajstić information content (AvgIpc) is 3.10. The smallest absolute Gasteiger partial charge is 0.233 e. The Morgan fingerprint density at radius 2 is 1.83 bits per heavy atom. The van der Waals surface area contributed by atoms with E-state index in [0.29, 0.717) is 23.1 Å². The normalized spacial score (nSPS) is 10.8. The van der Waals surface area contributed by atoms with Crippen molar-refractivity contribution in [3.63, 3.8) is 0 Å². The largest absolute Gasteiger partial charge is 0.497 e. The molecule has 0 aliphatic rings. The van der Waals surface area contributed by atoms with Gasteiger partial charge in [0.05, 0.1) is 23.7 Å². The van der Waals surface area contributed by atoms with Gasteiger partial charge in [0.1, 0.15) is 5.75 Å². The molecular formula is C21H25Cl2N3O2S. The number of likely N-dealkylation sites (N-methyl/N-ethyl adjacent to an activating group) is 1. The first kappa shape index (κ1) is 23.4. The van der Waals surface area contributed by atoms with E-state index in [1.54, 1.807) is 12.0 Å². The minimum Gasteiger partial charge on any atom is -0.497 e. The number of aromatic nitrogens is 1. The lowest BCUT2D eigenvalue weighted by Gasteiger charge is -2.22. The molecule has 0 spiro atoms. The summed E-state index contributed by atoms with van der Waals surface area (Å²) in [4.78, 5) is 21.7.